The van der Waals surface area contributed by atoms with Gasteiger partial charge in [0.2, 0.25) is 0 Å². The molecule has 1 rings (SSSR count). The van der Waals surface area contributed by atoms with Gasteiger partial charge in [0.25, 0.3) is 0 Å². The number of allylic oxidation sites excluding steroid dienone is 2. The molecule has 1 aliphatic rings. The topological polar surface area (TPSA) is 135 Å². The first-order valence-electron chi connectivity index (χ1n) is 21.8. The molecule has 4 N–H and O–H groups in total. The third kappa shape index (κ3) is 26.7. The number of aliphatic hydroxyl groups excluding tert-OH is 4. The van der Waals surface area contributed by atoms with E-state index in [1.165, 1.54) is 141 Å². The molecular formula is C43H82O9. The minimum atomic E-state index is -1.53. The second-order valence-electron chi connectivity index (χ2n) is 15.1. The van der Waals surface area contributed by atoms with Crippen LogP contribution >= 0.6 is 0 Å². The lowest BCUT2D eigenvalue weighted by Gasteiger charge is -2.39. The van der Waals surface area contributed by atoms with Crippen LogP contribution in [0.3, 0.4) is 0 Å². The third-order valence-corrected chi connectivity index (χ3v) is 10.2. The maximum Gasteiger partial charge on any atom is 0.306 e. The quantitative estimate of drug-likeness (QED) is 0.0279. The molecule has 0 spiro atoms. The van der Waals surface area contributed by atoms with Gasteiger partial charge in [-0.1, -0.05) is 161 Å². The average molecular weight is 743 g/mol. The predicted octanol–water partition coefficient (Wildman–Crippen LogP) is 9.25. The summed E-state index contributed by atoms with van der Waals surface area (Å²) >= 11 is 0. The number of hydrogen-bond acceptors (Lipinski definition) is 9. The molecule has 0 bridgehead atoms. The first kappa shape index (κ1) is 48.9. The van der Waals surface area contributed by atoms with Crippen LogP contribution in [-0.4, -0.2) is 89.6 Å². The van der Waals surface area contributed by atoms with Gasteiger partial charge >= 0.3 is 5.97 Å². The number of carbonyl (C=O) groups excluding carboxylic acids is 1. The normalized spacial score (nSPS) is 21.2. The van der Waals surface area contributed by atoms with Crippen LogP contribution in [0, 0.1) is 0 Å². The van der Waals surface area contributed by atoms with Crippen LogP contribution in [0.1, 0.15) is 194 Å². The predicted molar refractivity (Wildman–Crippen MR) is 210 cm³/mol. The Morgan fingerprint density at radius 1 is 0.596 bits per heavy atom. The van der Waals surface area contributed by atoms with E-state index < -0.39 is 43.4 Å². The standard InChI is InChI=1S/C43H82O9/c1-3-5-7-9-11-13-15-16-17-18-19-20-21-23-25-27-29-31-33-49-35-37(36-50-43-42(48)41(47)40(46)38(34-44)52-43)51-39(45)32-30-28-26-24-22-14-12-10-8-6-4-2/h16-17,37-38,40-44,46-48H,3-15,18-36H2,1-2H3/b17-16-. The summed E-state index contributed by atoms with van der Waals surface area (Å²) in [6.07, 6.45) is 30.9. The van der Waals surface area contributed by atoms with E-state index in [0.717, 1.165) is 32.1 Å². The van der Waals surface area contributed by atoms with Crippen molar-refractivity contribution in [2.75, 3.05) is 26.4 Å². The molecule has 9 nitrogen and oxygen atoms in total. The van der Waals surface area contributed by atoms with E-state index >= 15 is 0 Å². The summed E-state index contributed by atoms with van der Waals surface area (Å²) < 4.78 is 22.8. The average Bonchev–Trinajstić information content (AvgIpc) is 3.14. The Morgan fingerprint density at radius 2 is 1.06 bits per heavy atom. The smallest absolute Gasteiger partial charge is 0.306 e. The van der Waals surface area contributed by atoms with Crippen molar-refractivity contribution in [2.45, 2.75) is 230 Å². The van der Waals surface area contributed by atoms with Crippen LogP contribution in [0.2, 0.25) is 0 Å². The molecule has 0 saturated carbocycles. The molecule has 6 unspecified atom stereocenters. The highest BCUT2D eigenvalue weighted by Gasteiger charge is 2.44. The summed E-state index contributed by atoms with van der Waals surface area (Å²) in [6.45, 7) is 4.56. The van der Waals surface area contributed by atoms with E-state index in [-0.39, 0.29) is 19.2 Å². The van der Waals surface area contributed by atoms with Gasteiger partial charge in [0.15, 0.2) is 6.29 Å². The van der Waals surface area contributed by atoms with Crippen molar-refractivity contribution in [3.05, 3.63) is 12.2 Å². The van der Waals surface area contributed by atoms with Crippen molar-refractivity contribution in [2.24, 2.45) is 0 Å². The highest BCUT2D eigenvalue weighted by atomic mass is 16.7. The monoisotopic (exact) mass is 743 g/mol. The van der Waals surface area contributed by atoms with E-state index in [0.29, 0.717) is 13.0 Å². The van der Waals surface area contributed by atoms with Crippen molar-refractivity contribution >= 4 is 5.97 Å². The van der Waals surface area contributed by atoms with Crippen LogP contribution in [0.25, 0.3) is 0 Å². The highest BCUT2D eigenvalue weighted by Crippen LogP contribution is 2.22. The van der Waals surface area contributed by atoms with E-state index in [9.17, 15) is 25.2 Å². The molecule has 0 amide bonds. The van der Waals surface area contributed by atoms with Gasteiger partial charge in [-0.3, -0.25) is 4.79 Å². The van der Waals surface area contributed by atoms with Gasteiger partial charge in [-0.15, -0.1) is 0 Å². The number of hydrogen-bond donors (Lipinski definition) is 4. The molecule has 1 saturated heterocycles. The molecule has 6 atom stereocenters. The van der Waals surface area contributed by atoms with Gasteiger partial charge in [-0.25, -0.2) is 0 Å². The minimum absolute atomic E-state index is 0.110. The van der Waals surface area contributed by atoms with Crippen molar-refractivity contribution in [3.63, 3.8) is 0 Å². The zero-order chi connectivity index (χ0) is 37.9. The number of aliphatic hydroxyl groups is 4. The summed E-state index contributed by atoms with van der Waals surface area (Å²) in [6, 6.07) is 0. The lowest BCUT2D eigenvalue weighted by Crippen LogP contribution is -2.59. The number of unbranched alkanes of at least 4 members (excludes halogenated alkanes) is 24. The van der Waals surface area contributed by atoms with Gasteiger partial charge < -0.3 is 39.4 Å². The molecule has 9 heteroatoms. The van der Waals surface area contributed by atoms with Gasteiger partial charge in [-0.2, -0.15) is 0 Å². The molecule has 0 aliphatic carbocycles. The van der Waals surface area contributed by atoms with E-state index in [1.54, 1.807) is 0 Å². The second-order valence-corrected chi connectivity index (χ2v) is 15.1. The Bertz CT molecular complexity index is 807. The van der Waals surface area contributed by atoms with Crippen molar-refractivity contribution in [3.8, 4) is 0 Å². The largest absolute Gasteiger partial charge is 0.457 e. The van der Waals surface area contributed by atoms with Crippen LogP contribution in [0.5, 0.6) is 0 Å². The van der Waals surface area contributed by atoms with Crippen LogP contribution in [0.4, 0.5) is 0 Å². The first-order chi connectivity index (χ1) is 25.4. The van der Waals surface area contributed by atoms with Crippen molar-refractivity contribution < 1.29 is 44.2 Å². The van der Waals surface area contributed by atoms with Gasteiger partial charge in [-0.05, 0) is 38.5 Å². The molecule has 0 aromatic rings. The van der Waals surface area contributed by atoms with Crippen LogP contribution in [-0.2, 0) is 23.7 Å². The lowest BCUT2D eigenvalue weighted by molar-refractivity contribution is -0.305. The Kier molecular flexibility index (Phi) is 33.5. The van der Waals surface area contributed by atoms with Crippen molar-refractivity contribution in [1.82, 2.24) is 0 Å². The fraction of sp³-hybridized carbons (Fsp3) is 0.930. The molecule has 0 aromatic heterocycles. The maximum atomic E-state index is 12.7. The molecule has 1 aliphatic heterocycles. The summed E-state index contributed by atoms with van der Waals surface area (Å²) in [5, 5.41) is 40.0. The Morgan fingerprint density at radius 3 is 1.56 bits per heavy atom. The molecule has 52 heavy (non-hydrogen) atoms. The van der Waals surface area contributed by atoms with Crippen LogP contribution in [0.15, 0.2) is 12.2 Å². The lowest BCUT2D eigenvalue weighted by atomic mass is 9.99. The Balaban J connectivity index is 2.25. The number of rotatable bonds is 37. The molecule has 0 radical (unpaired) electrons. The van der Waals surface area contributed by atoms with Gasteiger partial charge in [0, 0.05) is 13.0 Å². The fourth-order valence-corrected chi connectivity index (χ4v) is 6.72. The molecule has 1 fully saturated rings. The van der Waals surface area contributed by atoms with Crippen LogP contribution < -0.4 is 0 Å². The van der Waals surface area contributed by atoms with E-state index in [1.807, 2.05) is 0 Å². The number of esters is 1. The number of ether oxygens (including phenoxy) is 4. The SMILES string of the molecule is CCCCCCCC/C=C\CCCCCCCCCCOCC(COC1OC(CO)C(O)C(O)C1O)OC(=O)CCCCCCCCCCCCC. The second kappa shape index (κ2) is 35.6. The summed E-state index contributed by atoms with van der Waals surface area (Å²) in [5.74, 6) is -0.314. The van der Waals surface area contributed by atoms with Gasteiger partial charge in [0.05, 0.1) is 19.8 Å². The summed E-state index contributed by atoms with van der Waals surface area (Å²) in [5.41, 5.74) is 0. The fourth-order valence-electron chi connectivity index (χ4n) is 6.72. The van der Waals surface area contributed by atoms with E-state index in [4.69, 9.17) is 18.9 Å². The van der Waals surface area contributed by atoms with Crippen molar-refractivity contribution in [1.29, 1.82) is 0 Å². The number of carbonyl (C=O) groups is 1. The zero-order valence-electron chi connectivity index (χ0n) is 33.6. The third-order valence-electron chi connectivity index (χ3n) is 10.2. The zero-order valence-corrected chi connectivity index (χ0v) is 33.6. The van der Waals surface area contributed by atoms with E-state index in [2.05, 4.69) is 26.0 Å². The first-order valence-corrected chi connectivity index (χ1v) is 21.8. The molecule has 0 aromatic carbocycles. The molecular weight excluding hydrogens is 660 g/mol. The molecule has 308 valence electrons. The molecule has 1 heterocycles. The minimum Gasteiger partial charge on any atom is -0.457 e. The summed E-state index contributed by atoms with van der Waals surface area (Å²) in [7, 11) is 0. The van der Waals surface area contributed by atoms with Gasteiger partial charge in [0.1, 0.15) is 30.5 Å². The summed E-state index contributed by atoms with van der Waals surface area (Å²) in [4.78, 5) is 12.7. The highest BCUT2D eigenvalue weighted by molar-refractivity contribution is 5.69. The Hall–Kier alpha value is -1.07. The maximum absolute atomic E-state index is 12.7. The Labute approximate surface area is 318 Å².